The standard InChI is InChI=1S/C10H16.C6H3Cl3N2O2/c1-7-4-5-8-6-9(7)10(8,2)3;7-1-3(10)2(8)5(9)11-4(1)6(12)13/h8-9H,1,4-6H2,2-3H3;(H2,10,11)(H,12,13). The predicted octanol–water partition coefficient (Wildman–Crippen LogP) is 5.32. The summed E-state index contributed by atoms with van der Waals surface area (Å²) in [5.74, 6) is 0.574. The van der Waals surface area contributed by atoms with Crippen LogP contribution in [0.2, 0.25) is 15.2 Å². The van der Waals surface area contributed by atoms with Crippen molar-refractivity contribution in [3.05, 3.63) is 33.0 Å². The molecular weight excluding hydrogens is 359 g/mol. The second-order valence-corrected chi connectivity index (χ2v) is 7.72. The average Bonchev–Trinajstić information content (AvgIpc) is 2.48. The maximum absolute atomic E-state index is 10.5. The van der Waals surface area contributed by atoms with E-state index in [9.17, 15) is 4.79 Å². The highest BCUT2D eigenvalue weighted by Crippen LogP contribution is 2.60. The van der Waals surface area contributed by atoms with Gasteiger partial charge in [0.1, 0.15) is 5.02 Å². The summed E-state index contributed by atoms with van der Waals surface area (Å²) >= 11 is 16.6. The number of rotatable bonds is 1. The predicted molar refractivity (Wildman–Crippen MR) is 94.4 cm³/mol. The van der Waals surface area contributed by atoms with Crippen molar-refractivity contribution >= 4 is 46.5 Å². The molecule has 0 saturated heterocycles. The highest BCUT2D eigenvalue weighted by molar-refractivity contribution is 6.46. The normalized spacial score (nSPS) is 24.3. The fourth-order valence-corrected chi connectivity index (χ4v) is 3.99. The smallest absolute Gasteiger partial charge is 0.356 e. The lowest BCUT2D eigenvalue weighted by atomic mass is 9.47. The van der Waals surface area contributed by atoms with Crippen LogP contribution in [-0.4, -0.2) is 16.1 Å². The number of carboxylic acid groups (broad SMARTS) is 1. The Balaban J connectivity index is 0.000000172. The van der Waals surface area contributed by atoms with E-state index in [-0.39, 0.29) is 20.9 Å². The summed E-state index contributed by atoms with van der Waals surface area (Å²) in [7, 11) is 0. The Labute approximate surface area is 150 Å². The highest BCUT2D eigenvalue weighted by Gasteiger charge is 2.51. The molecule has 4 rings (SSSR count). The van der Waals surface area contributed by atoms with Crippen molar-refractivity contribution in [2.75, 3.05) is 5.73 Å². The van der Waals surface area contributed by atoms with E-state index < -0.39 is 11.7 Å². The van der Waals surface area contributed by atoms with Crippen molar-refractivity contribution in [1.29, 1.82) is 0 Å². The fourth-order valence-electron chi connectivity index (χ4n) is 3.41. The van der Waals surface area contributed by atoms with Gasteiger partial charge in [-0.1, -0.05) is 60.8 Å². The van der Waals surface area contributed by atoms with E-state index in [2.05, 4.69) is 25.4 Å². The lowest BCUT2D eigenvalue weighted by Gasteiger charge is -2.57. The van der Waals surface area contributed by atoms with E-state index >= 15 is 0 Å². The molecular formula is C16H19Cl3N2O2. The van der Waals surface area contributed by atoms with Crippen molar-refractivity contribution in [1.82, 2.24) is 4.98 Å². The Hall–Kier alpha value is -0.970. The number of nitrogens with two attached hydrogens (primary N) is 1. The molecule has 2 unspecified atom stereocenters. The minimum Gasteiger partial charge on any atom is -0.476 e. The lowest BCUT2D eigenvalue weighted by molar-refractivity contribution is -0.0273. The van der Waals surface area contributed by atoms with Crippen molar-refractivity contribution in [3.63, 3.8) is 0 Å². The zero-order valence-electron chi connectivity index (χ0n) is 13.0. The van der Waals surface area contributed by atoms with Gasteiger partial charge in [0.05, 0.1) is 10.7 Å². The first-order valence-corrected chi connectivity index (χ1v) is 8.41. The molecule has 1 heterocycles. The molecule has 3 fully saturated rings. The molecule has 0 aliphatic heterocycles. The van der Waals surface area contributed by atoms with Gasteiger partial charge in [0.25, 0.3) is 0 Å². The van der Waals surface area contributed by atoms with Gasteiger partial charge in [-0.15, -0.1) is 0 Å². The van der Waals surface area contributed by atoms with Crippen LogP contribution in [0.3, 0.4) is 0 Å². The summed E-state index contributed by atoms with van der Waals surface area (Å²) < 4.78 is 0. The third kappa shape index (κ3) is 3.30. The number of nitrogens with zero attached hydrogens (tertiary/aromatic N) is 1. The molecule has 0 radical (unpaired) electrons. The van der Waals surface area contributed by atoms with E-state index in [1.807, 2.05) is 0 Å². The van der Waals surface area contributed by atoms with Gasteiger partial charge in [0.15, 0.2) is 10.8 Å². The van der Waals surface area contributed by atoms with Crippen LogP contribution in [-0.2, 0) is 0 Å². The minimum absolute atomic E-state index is 0.0448. The number of carbonyl (C=O) groups is 1. The molecule has 0 aromatic carbocycles. The second-order valence-electron chi connectivity index (χ2n) is 6.60. The summed E-state index contributed by atoms with van der Waals surface area (Å²) in [6.07, 6.45) is 4.15. The first-order valence-electron chi connectivity index (χ1n) is 7.28. The zero-order valence-corrected chi connectivity index (χ0v) is 15.3. The van der Waals surface area contributed by atoms with Crippen LogP contribution in [0.4, 0.5) is 5.69 Å². The average molecular weight is 378 g/mol. The molecule has 3 saturated carbocycles. The number of aromatic nitrogens is 1. The van der Waals surface area contributed by atoms with Crippen LogP contribution in [0.1, 0.15) is 43.6 Å². The van der Waals surface area contributed by atoms with E-state index in [4.69, 9.17) is 45.6 Å². The number of anilines is 1. The first-order chi connectivity index (χ1) is 10.6. The lowest BCUT2D eigenvalue weighted by Crippen LogP contribution is -2.48. The van der Waals surface area contributed by atoms with Gasteiger partial charge in [0, 0.05) is 0 Å². The van der Waals surface area contributed by atoms with Gasteiger partial charge in [-0.05, 0) is 36.5 Å². The molecule has 0 spiro atoms. The molecule has 1 aromatic rings. The van der Waals surface area contributed by atoms with Crippen LogP contribution in [0.5, 0.6) is 0 Å². The van der Waals surface area contributed by atoms with Crippen LogP contribution in [0, 0.1) is 17.3 Å². The maximum Gasteiger partial charge on any atom is 0.356 e. The number of fused-ring (bicyclic) bond motifs is 2. The van der Waals surface area contributed by atoms with E-state index in [1.54, 1.807) is 0 Å². The molecule has 23 heavy (non-hydrogen) atoms. The highest BCUT2D eigenvalue weighted by atomic mass is 35.5. The number of nitrogen functional groups attached to an aromatic ring is 1. The second kappa shape index (κ2) is 6.50. The zero-order chi connectivity index (χ0) is 17.5. The topological polar surface area (TPSA) is 76.2 Å². The largest absolute Gasteiger partial charge is 0.476 e. The van der Waals surface area contributed by atoms with E-state index in [0.29, 0.717) is 5.41 Å². The third-order valence-corrected chi connectivity index (χ3v) is 6.19. The monoisotopic (exact) mass is 376 g/mol. The Morgan fingerprint density at radius 2 is 1.96 bits per heavy atom. The molecule has 4 nitrogen and oxygen atoms in total. The molecule has 126 valence electrons. The Morgan fingerprint density at radius 3 is 2.35 bits per heavy atom. The van der Waals surface area contributed by atoms with Gasteiger partial charge >= 0.3 is 5.97 Å². The van der Waals surface area contributed by atoms with E-state index in [1.165, 1.54) is 24.8 Å². The number of hydrogen-bond donors (Lipinski definition) is 2. The first kappa shape index (κ1) is 18.4. The molecule has 1 aromatic heterocycles. The van der Waals surface area contributed by atoms with Crippen molar-refractivity contribution in [2.24, 2.45) is 17.3 Å². The summed E-state index contributed by atoms with van der Waals surface area (Å²) in [6, 6.07) is 0. The van der Waals surface area contributed by atoms with Crippen LogP contribution >= 0.6 is 34.8 Å². The van der Waals surface area contributed by atoms with Gasteiger partial charge in [-0.3, -0.25) is 0 Å². The van der Waals surface area contributed by atoms with Crippen molar-refractivity contribution < 1.29 is 9.90 Å². The summed E-state index contributed by atoms with van der Waals surface area (Å²) in [4.78, 5) is 14.0. The summed E-state index contributed by atoms with van der Waals surface area (Å²) in [5, 5.41) is 8.17. The third-order valence-electron chi connectivity index (χ3n) is 5.05. The number of hydrogen-bond acceptors (Lipinski definition) is 3. The Bertz CT molecular complexity index is 672. The van der Waals surface area contributed by atoms with Crippen molar-refractivity contribution in [3.8, 4) is 0 Å². The number of aromatic carboxylic acids is 1. The number of allylic oxidation sites excluding steroid dienone is 1. The van der Waals surface area contributed by atoms with Crippen LogP contribution in [0.25, 0.3) is 0 Å². The number of halogens is 3. The molecule has 0 amide bonds. The van der Waals surface area contributed by atoms with Crippen LogP contribution in [0.15, 0.2) is 12.2 Å². The quantitative estimate of drug-likeness (QED) is 0.513. The summed E-state index contributed by atoms with van der Waals surface area (Å²) in [6.45, 7) is 8.93. The van der Waals surface area contributed by atoms with E-state index in [0.717, 1.165) is 11.8 Å². The maximum atomic E-state index is 10.5. The SMILES string of the molecule is C=C1CCC2CC1C2(C)C.Nc1c(Cl)c(Cl)nc(C(=O)O)c1Cl. The molecule has 3 aliphatic carbocycles. The van der Waals surface area contributed by atoms with Gasteiger partial charge in [-0.2, -0.15) is 0 Å². The molecule has 2 bridgehead atoms. The van der Waals surface area contributed by atoms with Gasteiger partial charge in [-0.25, -0.2) is 9.78 Å². The molecule has 3 N–H and O–H groups in total. The Kier molecular flexibility index (Phi) is 5.19. The molecule has 3 aliphatic rings. The van der Waals surface area contributed by atoms with Gasteiger partial charge < -0.3 is 10.8 Å². The van der Waals surface area contributed by atoms with Crippen molar-refractivity contribution in [2.45, 2.75) is 33.1 Å². The summed E-state index contributed by atoms with van der Waals surface area (Å²) in [5.41, 5.74) is 7.01. The molecule has 2 atom stereocenters. The fraction of sp³-hybridized carbons (Fsp3) is 0.500. The number of pyridine rings is 1. The van der Waals surface area contributed by atoms with Crippen LogP contribution < -0.4 is 5.73 Å². The minimum atomic E-state index is -1.31. The number of carboxylic acids is 1. The molecule has 7 heteroatoms. The Morgan fingerprint density at radius 1 is 1.35 bits per heavy atom. The van der Waals surface area contributed by atoms with Gasteiger partial charge in [0.2, 0.25) is 0 Å².